The first kappa shape index (κ1) is 11.8. The van der Waals surface area contributed by atoms with E-state index in [2.05, 4.69) is 0 Å². The van der Waals surface area contributed by atoms with Gasteiger partial charge >= 0.3 is 9.24 Å². The molecule has 5 nitrogen and oxygen atoms in total. The zero-order chi connectivity index (χ0) is 11.5. The van der Waals surface area contributed by atoms with Gasteiger partial charge in [0.1, 0.15) is 0 Å². The molecule has 1 aromatic rings. The molecular formula is C8H8ClNO4S. The highest BCUT2D eigenvalue weighted by Gasteiger charge is 2.18. The first-order chi connectivity index (χ1) is 6.93. The van der Waals surface area contributed by atoms with Crippen molar-refractivity contribution >= 4 is 26.3 Å². The highest BCUT2D eigenvalue weighted by molar-refractivity contribution is 8.12. The Kier molecular flexibility index (Phi) is 3.54. The number of carbonyl (C=O) groups excluding carboxylic acids is 1. The Labute approximate surface area is 91.7 Å². The summed E-state index contributed by atoms with van der Waals surface area (Å²) in [6, 6.07) is 6.46. The second-order valence-corrected chi connectivity index (χ2v) is 5.06. The number of halogens is 1. The summed E-state index contributed by atoms with van der Waals surface area (Å²) in [5.74, 6) is 0.205. The zero-order valence-corrected chi connectivity index (χ0v) is 9.33. The molecule has 7 heteroatoms. The molecule has 0 aliphatic rings. The summed E-state index contributed by atoms with van der Waals surface area (Å²) in [6.45, 7) is 1.86. The molecule has 0 atom stereocenters. The van der Waals surface area contributed by atoms with Crippen LogP contribution in [0.25, 0.3) is 0 Å². The Balaban J connectivity index is 2.85. The van der Waals surface area contributed by atoms with E-state index in [0.717, 1.165) is 5.56 Å². The van der Waals surface area contributed by atoms with Crippen LogP contribution in [0.1, 0.15) is 5.56 Å². The first-order valence-electron chi connectivity index (χ1n) is 3.87. The van der Waals surface area contributed by atoms with Crippen LogP contribution in [-0.4, -0.2) is 19.3 Å². The van der Waals surface area contributed by atoms with Gasteiger partial charge in [0.05, 0.1) is 0 Å². The van der Waals surface area contributed by atoms with Crippen molar-refractivity contribution < 1.29 is 18.0 Å². The Morgan fingerprint density at radius 2 is 1.87 bits per heavy atom. The number of amides is 1. The molecule has 0 fully saturated rings. The quantitative estimate of drug-likeness (QED) is 0.457. The fraction of sp³-hybridized carbons (Fsp3) is 0.125. The van der Waals surface area contributed by atoms with Crippen molar-refractivity contribution in [2.24, 2.45) is 0 Å². The zero-order valence-electron chi connectivity index (χ0n) is 7.75. The molecule has 0 spiro atoms. The number of benzene rings is 1. The van der Waals surface area contributed by atoms with E-state index in [9.17, 15) is 13.2 Å². The number of nitrogens with zero attached hydrogens (tertiary/aromatic N) is 1. The second kappa shape index (κ2) is 4.50. The molecule has 1 aromatic carbocycles. The molecule has 0 heterocycles. The number of carbonyl (C=O) groups is 1. The summed E-state index contributed by atoms with van der Waals surface area (Å²) < 4.78 is 21.6. The van der Waals surface area contributed by atoms with E-state index in [-0.39, 0.29) is 16.6 Å². The molecule has 1 rings (SSSR count). The van der Waals surface area contributed by atoms with Crippen molar-refractivity contribution in [2.75, 3.05) is 0 Å². The van der Waals surface area contributed by atoms with Crippen molar-refractivity contribution in [1.82, 2.24) is 4.47 Å². The molecule has 0 radical (unpaired) electrons. The van der Waals surface area contributed by atoms with Crippen LogP contribution in [0.3, 0.4) is 0 Å². The minimum Gasteiger partial charge on any atom is -0.361 e. The van der Waals surface area contributed by atoms with Crippen LogP contribution in [0.15, 0.2) is 24.3 Å². The van der Waals surface area contributed by atoms with Gasteiger partial charge < -0.3 is 4.84 Å². The summed E-state index contributed by atoms with van der Waals surface area (Å²) in [5.41, 5.74) is 0.980. The molecule has 1 amide bonds. The number of aryl methyl sites for hydroxylation is 1. The van der Waals surface area contributed by atoms with Crippen molar-refractivity contribution in [3.8, 4) is 5.75 Å². The third kappa shape index (κ3) is 3.41. The van der Waals surface area contributed by atoms with E-state index in [1.165, 1.54) is 12.1 Å². The second-order valence-electron chi connectivity index (χ2n) is 2.71. The van der Waals surface area contributed by atoms with E-state index in [0.29, 0.717) is 0 Å². The number of rotatable bonds is 4. The van der Waals surface area contributed by atoms with Gasteiger partial charge in [-0.3, -0.25) is 4.79 Å². The third-order valence-corrected chi connectivity index (χ3v) is 2.52. The lowest BCUT2D eigenvalue weighted by Crippen LogP contribution is -2.29. The average Bonchev–Trinajstić information content (AvgIpc) is 2.15. The van der Waals surface area contributed by atoms with Gasteiger partial charge in [-0.15, -0.1) is 0 Å². The molecule has 0 aromatic heterocycles. The average molecular weight is 250 g/mol. The fourth-order valence-corrected chi connectivity index (χ4v) is 1.28. The predicted molar refractivity (Wildman–Crippen MR) is 54.5 cm³/mol. The normalized spacial score (nSPS) is 10.8. The fourth-order valence-electron chi connectivity index (χ4n) is 0.820. The van der Waals surface area contributed by atoms with Crippen LogP contribution in [-0.2, 0) is 14.0 Å². The van der Waals surface area contributed by atoms with Crippen LogP contribution in [0.2, 0.25) is 0 Å². The van der Waals surface area contributed by atoms with E-state index in [4.69, 9.17) is 15.5 Å². The lowest BCUT2D eigenvalue weighted by Gasteiger charge is -2.13. The maximum Gasteiger partial charge on any atom is 0.355 e. The van der Waals surface area contributed by atoms with Crippen LogP contribution >= 0.6 is 10.7 Å². The molecule has 0 aliphatic heterocycles. The Hall–Kier alpha value is -1.27. The maximum absolute atomic E-state index is 10.8. The van der Waals surface area contributed by atoms with Crippen molar-refractivity contribution in [3.05, 3.63) is 29.8 Å². The molecular weight excluding hydrogens is 242 g/mol. The maximum atomic E-state index is 10.8. The van der Waals surface area contributed by atoms with E-state index < -0.39 is 9.24 Å². The van der Waals surface area contributed by atoms with Gasteiger partial charge in [-0.1, -0.05) is 22.2 Å². The topological polar surface area (TPSA) is 63.7 Å². The number of hydrogen-bond donors (Lipinski definition) is 0. The summed E-state index contributed by atoms with van der Waals surface area (Å²) in [4.78, 5) is 15.1. The number of hydrogen-bond acceptors (Lipinski definition) is 4. The largest absolute Gasteiger partial charge is 0.361 e. The standard InChI is InChI=1S/C8H8ClNO4S/c1-7-2-4-8(5-3-7)14-10(6-11)15(9,12)13/h2-6H,1H3. The minimum absolute atomic E-state index is 0.0256. The van der Waals surface area contributed by atoms with Gasteiger partial charge in [0.15, 0.2) is 5.75 Å². The molecule has 0 unspecified atom stereocenters. The third-order valence-electron chi connectivity index (χ3n) is 1.52. The molecule has 0 bridgehead atoms. The Morgan fingerprint density at radius 1 is 1.33 bits per heavy atom. The van der Waals surface area contributed by atoms with Gasteiger partial charge in [-0.2, -0.15) is 8.42 Å². The smallest absolute Gasteiger partial charge is 0.355 e. The SMILES string of the molecule is Cc1ccc(ON(C=O)S(=O)(=O)Cl)cc1. The lowest BCUT2D eigenvalue weighted by molar-refractivity contribution is -0.127. The summed E-state index contributed by atoms with van der Waals surface area (Å²) in [7, 11) is 0.714. The summed E-state index contributed by atoms with van der Waals surface area (Å²) >= 11 is 0. The molecule has 15 heavy (non-hydrogen) atoms. The number of hydroxylamine groups is 1. The van der Waals surface area contributed by atoms with Gasteiger partial charge in [0, 0.05) is 10.7 Å². The molecule has 0 saturated heterocycles. The highest BCUT2D eigenvalue weighted by atomic mass is 35.7. The Morgan fingerprint density at radius 3 is 2.27 bits per heavy atom. The summed E-state index contributed by atoms with van der Waals surface area (Å²) in [5, 5.41) is 0. The first-order valence-corrected chi connectivity index (χ1v) is 6.14. The summed E-state index contributed by atoms with van der Waals surface area (Å²) in [6.07, 6.45) is -0.0256. The van der Waals surface area contributed by atoms with Crippen molar-refractivity contribution in [3.63, 3.8) is 0 Å². The van der Waals surface area contributed by atoms with E-state index in [1.54, 1.807) is 12.1 Å². The highest BCUT2D eigenvalue weighted by Crippen LogP contribution is 2.15. The van der Waals surface area contributed by atoms with Gasteiger partial charge in [-0.05, 0) is 19.1 Å². The van der Waals surface area contributed by atoms with Crippen molar-refractivity contribution in [1.29, 1.82) is 0 Å². The molecule has 0 saturated carbocycles. The van der Waals surface area contributed by atoms with Crippen LogP contribution in [0, 0.1) is 6.92 Å². The molecule has 82 valence electrons. The van der Waals surface area contributed by atoms with E-state index >= 15 is 0 Å². The minimum atomic E-state index is -4.21. The lowest BCUT2D eigenvalue weighted by atomic mass is 10.2. The van der Waals surface area contributed by atoms with Crippen molar-refractivity contribution in [2.45, 2.75) is 6.92 Å². The predicted octanol–water partition coefficient (Wildman–Crippen LogP) is 1.23. The Bertz CT molecular complexity index is 442. The van der Waals surface area contributed by atoms with Crippen LogP contribution < -0.4 is 4.84 Å². The van der Waals surface area contributed by atoms with Crippen LogP contribution in [0.5, 0.6) is 5.75 Å². The van der Waals surface area contributed by atoms with Gasteiger partial charge in [0.25, 0.3) is 6.41 Å². The van der Waals surface area contributed by atoms with Gasteiger partial charge in [-0.25, -0.2) is 0 Å². The molecule has 0 aliphatic carbocycles. The van der Waals surface area contributed by atoms with Gasteiger partial charge in [0.2, 0.25) is 0 Å². The monoisotopic (exact) mass is 249 g/mol. The molecule has 0 N–H and O–H groups in total. The van der Waals surface area contributed by atoms with E-state index in [1.807, 2.05) is 6.92 Å². The van der Waals surface area contributed by atoms with Crippen LogP contribution in [0.4, 0.5) is 0 Å².